The maximum absolute atomic E-state index is 12.3. The molecule has 1 amide bonds. The van der Waals surface area contributed by atoms with Gasteiger partial charge in [-0.05, 0) is 35.4 Å². The van der Waals surface area contributed by atoms with Gasteiger partial charge < -0.3 is 9.64 Å². The van der Waals surface area contributed by atoms with Gasteiger partial charge in [0.25, 0.3) is 0 Å². The Morgan fingerprint density at radius 3 is 2.96 bits per heavy atom. The lowest BCUT2D eigenvalue weighted by molar-refractivity contribution is -0.134. The van der Waals surface area contributed by atoms with Crippen molar-refractivity contribution in [1.82, 2.24) is 25.1 Å². The first-order chi connectivity index (χ1) is 11.1. The van der Waals surface area contributed by atoms with E-state index in [4.69, 9.17) is 27.9 Å². The molecule has 2 heterocycles. The van der Waals surface area contributed by atoms with Gasteiger partial charge in [0, 0.05) is 12.6 Å². The zero-order chi connectivity index (χ0) is 16.2. The standard InChI is InChI=1S/C14H15Cl2N5O2/c15-12-4-3-10(6-13(12)16)23-11-2-1-5-20(7-11)14(22)8-21-9-17-18-19-21/h3-4,6,9,11H,1-2,5,7-8H2. The number of halogens is 2. The van der Waals surface area contributed by atoms with E-state index in [1.165, 1.54) is 11.0 Å². The number of rotatable bonds is 4. The first-order valence-electron chi connectivity index (χ1n) is 7.22. The van der Waals surface area contributed by atoms with Crippen molar-refractivity contribution < 1.29 is 9.53 Å². The molecule has 0 saturated carbocycles. The maximum Gasteiger partial charge on any atom is 0.244 e. The molecule has 1 fully saturated rings. The van der Waals surface area contributed by atoms with E-state index in [0.717, 1.165) is 12.8 Å². The summed E-state index contributed by atoms with van der Waals surface area (Å²) in [6.45, 7) is 1.37. The average molecular weight is 356 g/mol. The molecule has 0 bridgehead atoms. The molecule has 2 aromatic rings. The van der Waals surface area contributed by atoms with Gasteiger partial charge in [0.1, 0.15) is 24.7 Å². The van der Waals surface area contributed by atoms with E-state index in [2.05, 4.69) is 15.5 Å². The van der Waals surface area contributed by atoms with Crippen molar-refractivity contribution in [1.29, 1.82) is 0 Å². The van der Waals surface area contributed by atoms with Gasteiger partial charge in [0.15, 0.2) is 0 Å². The Morgan fingerprint density at radius 2 is 2.22 bits per heavy atom. The molecule has 0 spiro atoms. The van der Waals surface area contributed by atoms with Crippen LogP contribution in [0, 0.1) is 0 Å². The van der Waals surface area contributed by atoms with Crippen molar-refractivity contribution >= 4 is 29.1 Å². The molecule has 1 atom stereocenters. The number of carbonyl (C=O) groups is 1. The highest BCUT2D eigenvalue weighted by atomic mass is 35.5. The average Bonchev–Trinajstić information content (AvgIpc) is 3.04. The number of benzene rings is 1. The number of ether oxygens (including phenoxy) is 1. The molecule has 1 saturated heterocycles. The van der Waals surface area contributed by atoms with Crippen molar-refractivity contribution in [2.24, 2.45) is 0 Å². The second-order valence-corrected chi connectivity index (χ2v) is 6.12. The molecule has 7 nitrogen and oxygen atoms in total. The summed E-state index contributed by atoms with van der Waals surface area (Å²) in [6.07, 6.45) is 3.12. The maximum atomic E-state index is 12.3. The van der Waals surface area contributed by atoms with E-state index in [9.17, 15) is 4.79 Å². The number of hydrogen-bond donors (Lipinski definition) is 0. The lowest BCUT2D eigenvalue weighted by Gasteiger charge is -2.33. The van der Waals surface area contributed by atoms with E-state index in [-0.39, 0.29) is 18.6 Å². The highest BCUT2D eigenvalue weighted by Gasteiger charge is 2.25. The van der Waals surface area contributed by atoms with E-state index in [0.29, 0.717) is 28.9 Å². The zero-order valence-electron chi connectivity index (χ0n) is 12.2. The molecule has 0 aliphatic carbocycles. The summed E-state index contributed by atoms with van der Waals surface area (Å²) in [6, 6.07) is 5.16. The van der Waals surface area contributed by atoms with Crippen molar-refractivity contribution in [3.8, 4) is 5.75 Å². The highest BCUT2D eigenvalue weighted by Crippen LogP contribution is 2.28. The fourth-order valence-corrected chi connectivity index (χ4v) is 2.78. The normalized spacial score (nSPS) is 18.0. The summed E-state index contributed by atoms with van der Waals surface area (Å²) in [5.74, 6) is 0.624. The van der Waals surface area contributed by atoms with Crippen LogP contribution in [0.15, 0.2) is 24.5 Å². The number of aromatic nitrogens is 4. The van der Waals surface area contributed by atoms with Gasteiger partial charge in [-0.3, -0.25) is 4.79 Å². The van der Waals surface area contributed by atoms with Gasteiger partial charge in [-0.1, -0.05) is 23.2 Å². The lowest BCUT2D eigenvalue weighted by Crippen LogP contribution is -2.45. The van der Waals surface area contributed by atoms with Crippen LogP contribution in [0.4, 0.5) is 0 Å². The molecule has 122 valence electrons. The summed E-state index contributed by atoms with van der Waals surface area (Å²) in [4.78, 5) is 14.0. The van der Waals surface area contributed by atoms with Crippen LogP contribution in [0.5, 0.6) is 5.75 Å². The van der Waals surface area contributed by atoms with Gasteiger partial charge in [0.05, 0.1) is 16.6 Å². The molecular formula is C14H15Cl2N5O2. The highest BCUT2D eigenvalue weighted by molar-refractivity contribution is 6.42. The molecular weight excluding hydrogens is 341 g/mol. The largest absolute Gasteiger partial charge is 0.489 e. The van der Waals surface area contributed by atoms with E-state index in [1.54, 1.807) is 23.1 Å². The summed E-state index contributed by atoms with van der Waals surface area (Å²) >= 11 is 11.9. The van der Waals surface area contributed by atoms with Gasteiger partial charge >= 0.3 is 0 Å². The van der Waals surface area contributed by atoms with Crippen LogP contribution in [0.1, 0.15) is 12.8 Å². The monoisotopic (exact) mass is 355 g/mol. The smallest absolute Gasteiger partial charge is 0.244 e. The van der Waals surface area contributed by atoms with Crippen LogP contribution in [0.25, 0.3) is 0 Å². The molecule has 1 unspecified atom stereocenters. The molecule has 1 aliphatic rings. The summed E-state index contributed by atoms with van der Waals surface area (Å²) in [7, 11) is 0. The topological polar surface area (TPSA) is 73.1 Å². The lowest BCUT2D eigenvalue weighted by atomic mass is 10.1. The summed E-state index contributed by atoms with van der Waals surface area (Å²) in [5, 5.41) is 11.7. The van der Waals surface area contributed by atoms with Crippen LogP contribution in [-0.4, -0.2) is 50.2 Å². The van der Waals surface area contributed by atoms with Crippen LogP contribution in [-0.2, 0) is 11.3 Å². The minimum Gasteiger partial charge on any atom is -0.489 e. The third kappa shape index (κ3) is 4.11. The minimum atomic E-state index is -0.0705. The molecule has 0 N–H and O–H groups in total. The number of nitrogens with zero attached hydrogens (tertiary/aromatic N) is 5. The number of hydrogen-bond acceptors (Lipinski definition) is 5. The molecule has 1 aromatic heterocycles. The predicted molar refractivity (Wildman–Crippen MR) is 84.5 cm³/mol. The Hall–Kier alpha value is -1.86. The predicted octanol–water partition coefficient (Wildman–Crippen LogP) is 2.05. The first kappa shape index (κ1) is 16.0. The van der Waals surface area contributed by atoms with Crippen LogP contribution < -0.4 is 4.74 Å². The summed E-state index contributed by atoms with van der Waals surface area (Å²) in [5.41, 5.74) is 0. The minimum absolute atomic E-state index is 0.0280. The quantitative estimate of drug-likeness (QED) is 0.838. The van der Waals surface area contributed by atoms with Crippen LogP contribution >= 0.6 is 23.2 Å². The van der Waals surface area contributed by atoms with Gasteiger partial charge in [-0.25, -0.2) is 4.68 Å². The molecule has 0 radical (unpaired) electrons. The van der Waals surface area contributed by atoms with Crippen molar-refractivity contribution in [2.45, 2.75) is 25.5 Å². The SMILES string of the molecule is O=C(Cn1cnnn1)N1CCCC(Oc2ccc(Cl)c(Cl)c2)C1. The van der Waals surface area contributed by atoms with E-state index >= 15 is 0 Å². The van der Waals surface area contributed by atoms with Gasteiger partial charge in [-0.2, -0.15) is 0 Å². The third-order valence-corrected chi connectivity index (χ3v) is 4.35. The number of amides is 1. The molecule has 1 aliphatic heterocycles. The Labute approximate surface area is 143 Å². The van der Waals surface area contributed by atoms with Gasteiger partial charge in [-0.15, -0.1) is 5.10 Å². The number of carbonyl (C=O) groups excluding carboxylic acids is 1. The van der Waals surface area contributed by atoms with E-state index in [1.807, 2.05) is 0 Å². The Bertz CT molecular complexity index is 680. The van der Waals surface area contributed by atoms with Crippen LogP contribution in [0.2, 0.25) is 10.0 Å². The Morgan fingerprint density at radius 1 is 1.35 bits per heavy atom. The zero-order valence-corrected chi connectivity index (χ0v) is 13.7. The Kier molecular flexibility index (Phi) is 4.97. The fraction of sp³-hybridized carbons (Fsp3) is 0.429. The van der Waals surface area contributed by atoms with Crippen LogP contribution in [0.3, 0.4) is 0 Å². The second-order valence-electron chi connectivity index (χ2n) is 5.31. The molecule has 1 aromatic carbocycles. The number of piperidine rings is 1. The van der Waals surface area contributed by atoms with E-state index < -0.39 is 0 Å². The third-order valence-electron chi connectivity index (χ3n) is 3.61. The van der Waals surface area contributed by atoms with Crippen molar-refractivity contribution in [2.75, 3.05) is 13.1 Å². The summed E-state index contributed by atoms with van der Waals surface area (Å²) < 4.78 is 7.33. The molecule has 3 rings (SSSR count). The van der Waals surface area contributed by atoms with Crippen molar-refractivity contribution in [3.63, 3.8) is 0 Å². The second kappa shape index (κ2) is 7.14. The van der Waals surface area contributed by atoms with Crippen molar-refractivity contribution in [3.05, 3.63) is 34.6 Å². The molecule has 9 heteroatoms. The fourth-order valence-electron chi connectivity index (χ4n) is 2.49. The number of tetrazole rings is 1. The Balaban J connectivity index is 1.59. The number of likely N-dealkylation sites (tertiary alicyclic amines) is 1. The first-order valence-corrected chi connectivity index (χ1v) is 7.97. The molecule has 23 heavy (non-hydrogen) atoms. The van der Waals surface area contributed by atoms with Gasteiger partial charge in [0.2, 0.25) is 5.91 Å².